The molecule has 0 fully saturated rings. The lowest BCUT2D eigenvalue weighted by atomic mass is 10.0. The van der Waals surface area contributed by atoms with Gasteiger partial charge in [-0.3, -0.25) is 4.57 Å². The van der Waals surface area contributed by atoms with Gasteiger partial charge in [-0.1, -0.05) is 26.3 Å². The molecule has 0 aliphatic rings. The van der Waals surface area contributed by atoms with Crippen LogP contribution in [0.25, 0.3) is 11.0 Å². The number of nitrogens with zero attached hydrogens (tertiary/aromatic N) is 1. The molecule has 0 saturated heterocycles. The third kappa shape index (κ3) is 2.16. The third-order valence-electron chi connectivity index (χ3n) is 3.86. The first-order valence-electron chi connectivity index (χ1n) is 6.43. The summed E-state index contributed by atoms with van der Waals surface area (Å²) in [7, 11) is 0. The summed E-state index contributed by atoms with van der Waals surface area (Å²) in [4.78, 5) is 25.9. The van der Waals surface area contributed by atoms with Gasteiger partial charge in [-0.05, 0) is 25.0 Å². The Labute approximate surface area is 110 Å². The zero-order chi connectivity index (χ0) is 14.2. The van der Waals surface area contributed by atoms with Gasteiger partial charge >= 0.3 is 11.7 Å². The molecule has 2 unspecified atom stereocenters. The summed E-state index contributed by atoms with van der Waals surface area (Å²) in [5.41, 5.74) is 0.925. The van der Waals surface area contributed by atoms with Crippen molar-refractivity contribution in [1.29, 1.82) is 0 Å². The smallest absolute Gasteiger partial charge is 0.337 e. The maximum atomic E-state index is 12.1. The molecule has 2 N–H and O–H groups in total. The number of carbonyl (C=O) groups is 1. The van der Waals surface area contributed by atoms with E-state index in [0.29, 0.717) is 17.0 Å². The summed E-state index contributed by atoms with van der Waals surface area (Å²) in [5, 5.41) is 9.15. The fraction of sp³-hybridized carbons (Fsp3) is 0.429. The minimum absolute atomic E-state index is 0.0234. The topological polar surface area (TPSA) is 75.1 Å². The molecule has 5 nitrogen and oxygen atoms in total. The van der Waals surface area contributed by atoms with Crippen LogP contribution in [0.1, 0.15) is 43.6 Å². The van der Waals surface area contributed by atoms with Crippen molar-refractivity contribution in [2.75, 3.05) is 0 Å². The van der Waals surface area contributed by atoms with Crippen LogP contribution in [0.15, 0.2) is 23.0 Å². The van der Waals surface area contributed by atoms with Crippen LogP contribution < -0.4 is 5.69 Å². The van der Waals surface area contributed by atoms with E-state index in [-0.39, 0.29) is 17.3 Å². The molecule has 0 aliphatic heterocycles. The Hall–Kier alpha value is -2.04. The molecule has 1 heterocycles. The number of fused-ring (bicyclic) bond motifs is 1. The highest BCUT2D eigenvalue weighted by Gasteiger charge is 2.20. The number of benzene rings is 1. The molecule has 5 heteroatoms. The summed E-state index contributed by atoms with van der Waals surface area (Å²) in [6, 6.07) is 4.96. The molecule has 2 atom stereocenters. The Morgan fingerprint density at radius 2 is 2.11 bits per heavy atom. The number of rotatable bonds is 4. The molecule has 1 aromatic heterocycles. The minimum atomic E-state index is -1.03. The standard InChI is InChI=1S/C14H18N2O3/c1-4-8(2)9(3)16-11-7-5-6-10(13(17)18)12(11)15-14(16)19/h5-9H,4H2,1-3H3,(H,15,19)(H,17,18). The second kappa shape index (κ2) is 4.91. The summed E-state index contributed by atoms with van der Waals surface area (Å²) < 4.78 is 1.65. The van der Waals surface area contributed by atoms with Gasteiger partial charge < -0.3 is 10.1 Å². The number of aromatic amines is 1. The van der Waals surface area contributed by atoms with Crippen molar-refractivity contribution in [3.05, 3.63) is 34.2 Å². The van der Waals surface area contributed by atoms with Gasteiger partial charge in [0, 0.05) is 6.04 Å². The number of aromatic carboxylic acids is 1. The minimum Gasteiger partial charge on any atom is -0.478 e. The van der Waals surface area contributed by atoms with E-state index in [1.54, 1.807) is 16.7 Å². The number of hydrogen-bond acceptors (Lipinski definition) is 2. The number of carboxylic acids is 1. The van der Waals surface area contributed by atoms with Crippen LogP contribution in [0, 0.1) is 5.92 Å². The molecule has 0 saturated carbocycles. The molecule has 102 valence electrons. The summed E-state index contributed by atoms with van der Waals surface area (Å²) in [6.45, 7) is 6.14. The van der Waals surface area contributed by atoms with Crippen LogP contribution in [-0.2, 0) is 0 Å². The van der Waals surface area contributed by atoms with Crippen LogP contribution >= 0.6 is 0 Å². The first-order chi connectivity index (χ1) is 8.97. The van der Waals surface area contributed by atoms with Crippen LogP contribution in [-0.4, -0.2) is 20.6 Å². The van der Waals surface area contributed by atoms with E-state index in [1.165, 1.54) is 6.07 Å². The molecule has 0 bridgehead atoms. The average Bonchev–Trinajstić information content (AvgIpc) is 2.72. The average molecular weight is 262 g/mol. The molecule has 19 heavy (non-hydrogen) atoms. The van der Waals surface area contributed by atoms with E-state index in [0.717, 1.165) is 6.42 Å². The van der Waals surface area contributed by atoms with Gasteiger partial charge in [0.05, 0.1) is 16.6 Å². The number of imidazole rings is 1. The van der Waals surface area contributed by atoms with Gasteiger partial charge in [-0.25, -0.2) is 9.59 Å². The maximum absolute atomic E-state index is 12.1. The normalized spacial score (nSPS) is 14.5. The molecular formula is C14H18N2O3. The highest BCUT2D eigenvalue weighted by molar-refractivity contribution is 6.00. The zero-order valence-electron chi connectivity index (χ0n) is 11.3. The van der Waals surface area contributed by atoms with Crippen molar-refractivity contribution in [1.82, 2.24) is 9.55 Å². The fourth-order valence-corrected chi connectivity index (χ4v) is 2.33. The Balaban J connectivity index is 2.70. The number of para-hydroxylation sites is 1. The molecule has 0 aliphatic carbocycles. The molecule has 0 amide bonds. The summed E-state index contributed by atoms with van der Waals surface area (Å²) in [5.74, 6) is -0.694. The van der Waals surface area contributed by atoms with Gasteiger partial charge in [0.2, 0.25) is 0 Å². The molecule has 2 rings (SSSR count). The highest BCUT2D eigenvalue weighted by Crippen LogP contribution is 2.24. The zero-order valence-corrected chi connectivity index (χ0v) is 11.3. The molecule has 0 spiro atoms. The lowest BCUT2D eigenvalue weighted by Crippen LogP contribution is -2.24. The number of nitrogens with one attached hydrogen (secondary N) is 1. The van der Waals surface area contributed by atoms with E-state index in [2.05, 4.69) is 18.8 Å². The monoisotopic (exact) mass is 262 g/mol. The van der Waals surface area contributed by atoms with Gasteiger partial charge in [-0.2, -0.15) is 0 Å². The first kappa shape index (κ1) is 13.4. The second-order valence-corrected chi connectivity index (χ2v) is 4.93. The number of H-pyrrole nitrogens is 1. The second-order valence-electron chi connectivity index (χ2n) is 4.93. The molecule has 0 radical (unpaired) electrons. The van der Waals surface area contributed by atoms with Crippen molar-refractivity contribution < 1.29 is 9.90 Å². The summed E-state index contributed by atoms with van der Waals surface area (Å²) >= 11 is 0. The molecule has 2 aromatic rings. The van der Waals surface area contributed by atoms with Crippen molar-refractivity contribution in [2.24, 2.45) is 5.92 Å². The Morgan fingerprint density at radius 1 is 1.42 bits per heavy atom. The fourth-order valence-electron chi connectivity index (χ4n) is 2.33. The van der Waals surface area contributed by atoms with E-state index in [9.17, 15) is 9.59 Å². The van der Waals surface area contributed by atoms with Crippen LogP contribution in [0.4, 0.5) is 0 Å². The lowest BCUT2D eigenvalue weighted by molar-refractivity contribution is 0.0699. The lowest BCUT2D eigenvalue weighted by Gasteiger charge is -2.19. The Morgan fingerprint density at radius 3 is 2.68 bits per heavy atom. The largest absolute Gasteiger partial charge is 0.478 e. The van der Waals surface area contributed by atoms with Crippen LogP contribution in [0.2, 0.25) is 0 Å². The van der Waals surface area contributed by atoms with Crippen molar-refractivity contribution in [2.45, 2.75) is 33.2 Å². The van der Waals surface area contributed by atoms with Gasteiger partial charge in [-0.15, -0.1) is 0 Å². The molecular weight excluding hydrogens is 244 g/mol. The van der Waals surface area contributed by atoms with Crippen molar-refractivity contribution in [3.8, 4) is 0 Å². The number of carboxylic acid groups (broad SMARTS) is 1. The quantitative estimate of drug-likeness (QED) is 0.889. The van der Waals surface area contributed by atoms with E-state index in [4.69, 9.17) is 5.11 Å². The van der Waals surface area contributed by atoms with Gasteiger partial charge in [0.1, 0.15) is 0 Å². The van der Waals surface area contributed by atoms with Crippen molar-refractivity contribution in [3.63, 3.8) is 0 Å². The first-order valence-corrected chi connectivity index (χ1v) is 6.43. The SMILES string of the molecule is CCC(C)C(C)n1c(=O)[nH]c2c(C(=O)O)cccc21. The molecule has 1 aromatic carbocycles. The number of aromatic nitrogens is 2. The predicted octanol–water partition coefficient (Wildman–Crippen LogP) is 2.63. The van der Waals surface area contributed by atoms with Gasteiger partial charge in [0.25, 0.3) is 0 Å². The van der Waals surface area contributed by atoms with Crippen LogP contribution in [0.5, 0.6) is 0 Å². The maximum Gasteiger partial charge on any atom is 0.337 e. The Bertz CT molecular complexity index is 669. The van der Waals surface area contributed by atoms with Crippen molar-refractivity contribution >= 4 is 17.0 Å². The summed E-state index contributed by atoms with van der Waals surface area (Å²) in [6.07, 6.45) is 0.957. The number of hydrogen-bond donors (Lipinski definition) is 2. The highest BCUT2D eigenvalue weighted by atomic mass is 16.4. The third-order valence-corrected chi connectivity index (χ3v) is 3.86. The van der Waals surface area contributed by atoms with E-state index >= 15 is 0 Å². The van der Waals surface area contributed by atoms with Crippen LogP contribution in [0.3, 0.4) is 0 Å². The van der Waals surface area contributed by atoms with E-state index < -0.39 is 5.97 Å². The predicted molar refractivity (Wildman–Crippen MR) is 73.7 cm³/mol. The Kier molecular flexibility index (Phi) is 3.46. The van der Waals surface area contributed by atoms with E-state index in [1.807, 2.05) is 6.92 Å². The van der Waals surface area contributed by atoms with Gasteiger partial charge in [0.15, 0.2) is 0 Å².